The molecule has 0 saturated heterocycles. The van der Waals surface area contributed by atoms with Gasteiger partial charge < -0.3 is 4.74 Å². The highest BCUT2D eigenvalue weighted by Crippen LogP contribution is 2.70. The minimum absolute atomic E-state index is 0.218. The van der Waals surface area contributed by atoms with Gasteiger partial charge >= 0.3 is 0 Å². The zero-order valence-electron chi connectivity index (χ0n) is 8.61. The van der Waals surface area contributed by atoms with E-state index < -0.39 is 0 Å². The smallest absolute Gasteiger partial charge is 0.0772 e. The van der Waals surface area contributed by atoms with Crippen LogP contribution in [0.3, 0.4) is 0 Å². The second-order valence-corrected chi connectivity index (χ2v) is 5.04. The molecule has 0 aromatic rings. The highest BCUT2D eigenvalue weighted by atomic mass is 16.5. The highest BCUT2D eigenvalue weighted by Gasteiger charge is 2.72. The zero-order valence-corrected chi connectivity index (χ0v) is 8.61. The topological polar surface area (TPSA) is 9.23 Å². The van der Waals surface area contributed by atoms with Gasteiger partial charge in [0.2, 0.25) is 0 Å². The van der Waals surface area contributed by atoms with E-state index in [-0.39, 0.29) is 5.60 Å². The lowest BCUT2D eigenvalue weighted by Crippen LogP contribution is -2.25. The van der Waals surface area contributed by atoms with Gasteiger partial charge in [-0.2, -0.15) is 0 Å². The van der Waals surface area contributed by atoms with Gasteiger partial charge in [-0.15, -0.1) is 0 Å². The highest BCUT2D eigenvalue weighted by molar-refractivity contribution is 5.26. The minimum atomic E-state index is 0.218. The first kappa shape index (κ1) is 8.55. The van der Waals surface area contributed by atoms with Crippen LogP contribution in [0, 0.1) is 17.3 Å². The molecule has 2 atom stereocenters. The molecule has 1 radical (unpaired) electrons. The van der Waals surface area contributed by atoms with Crippen molar-refractivity contribution in [3.05, 3.63) is 5.92 Å². The van der Waals surface area contributed by atoms with Crippen molar-refractivity contribution < 1.29 is 4.74 Å². The van der Waals surface area contributed by atoms with Crippen molar-refractivity contribution in [1.29, 1.82) is 0 Å². The van der Waals surface area contributed by atoms with Gasteiger partial charge in [-0.3, -0.25) is 0 Å². The molecular weight excluding hydrogens is 148 g/mol. The summed E-state index contributed by atoms with van der Waals surface area (Å²) in [5.74, 6) is 2.44. The SMILES string of the molecule is COC12C[C](C)CCC1C2(C)C. The molecule has 69 valence electrons. The van der Waals surface area contributed by atoms with Crippen molar-refractivity contribution in [3.8, 4) is 0 Å². The van der Waals surface area contributed by atoms with Crippen molar-refractivity contribution in [1.82, 2.24) is 0 Å². The van der Waals surface area contributed by atoms with E-state index in [0.717, 1.165) is 5.92 Å². The Labute approximate surface area is 75.5 Å². The van der Waals surface area contributed by atoms with Gasteiger partial charge in [0.1, 0.15) is 0 Å². The molecule has 1 heteroatoms. The maximum absolute atomic E-state index is 5.72. The standard InChI is InChI=1S/C11H19O/c1-8-5-6-9-10(2,3)11(9,7-8)12-4/h9H,5-7H2,1-4H3. The van der Waals surface area contributed by atoms with Crippen LogP contribution in [0.5, 0.6) is 0 Å². The van der Waals surface area contributed by atoms with Crippen LogP contribution in [0.2, 0.25) is 0 Å². The maximum atomic E-state index is 5.72. The van der Waals surface area contributed by atoms with E-state index in [2.05, 4.69) is 20.8 Å². The molecule has 2 saturated carbocycles. The van der Waals surface area contributed by atoms with Crippen LogP contribution in [0.25, 0.3) is 0 Å². The molecule has 12 heavy (non-hydrogen) atoms. The molecule has 0 N–H and O–H groups in total. The third kappa shape index (κ3) is 0.783. The fourth-order valence-corrected chi connectivity index (χ4v) is 3.27. The Bertz CT molecular complexity index is 197. The van der Waals surface area contributed by atoms with Gasteiger partial charge in [-0.25, -0.2) is 0 Å². The van der Waals surface area contributed by atoms with Crippen LogP contribution in [0.4, 0.5) is 0 Å². The lowest BCUT2D eigenvalue weighted by atomic mass is 9.88. The molecule has 2 aliphatic carbocycles. The van der Waals surface area contributed by atoms with Crippen LogP contribution >= 0.6 is 0 Å². The Morgan fingerprint density at radius 3 is 2.58 bits per heavy atom. The number of fused-ring (bicyclic) bond motifs is 1. The molecule has 0 aromatic carbocycles. The van der Waals surface area contributed by atoms with Crippen molar-refractivity contribution in [2.75, 3.05) is 7.11 Å². The van der Waals surface area contributed by atoms with E-state index >= 15 is 0 Å². The average molecular weight is 167 g/mol. The maximum Gasteiger partial charge on any atom is 0.0772 e. The fraction of sp³-hybridized carbons (Fsp3) is 0.909. The summed E-state index contributed by atoms with van der Waals surface area (Å²) in [4.78, 5) is 0. The zero-order chi connectivity index (χ0) is 8.98. The van der Waals surface area contributed by atoms with Crippen molar-refractivity contribution in [2.24, 2.45) is 11.3 Å². The van der Waals surface area contributed by atoms with E-state index in [1.807, 2.05) is 7.11 Å². The Kier molecular flexibility index (Phi) is 1.61. The molecular formula is C11H19O. The Hall–Kier alpha value is -0.0400. The lowest BCUT2D eigenvalue weighted by Gasteiger charge is -2.26. The molecule has 1 nitrogen and oxygen atoms in total. The van der Waals surface area contributed by atoms with Crippen molar-refractivity contribution in [2.45, 2.75) is 45.6 Å². The third-order valence-corrected chi connectivity index (χ3v) is 4.23. The van der Waals surface area contributed by atoms with E-state index in [1.165, 1.54) is 19.3 Å². The molecule has 2 fully saturated rings. The van der Waals surface area contributed by atoms with Gasteiger partial charge in [0.25, 0.3) is 0 Å². The normalized spacial score (nSPS) is 45.5. The summed E-state index contributed by atoms with van der Waals surface area (Å²) in [6, 6.07) is 0. The van der Waals surface area contributed by atoms with Crippen LogP contribution in [0.15, 0.2) is 0 Å². The summed E-state index contributed by atoms with van der Waals surface area (Å²) in [6.45, 7) is 6.96. The van der Waals surface area contributed by atoms with Crippen LogP contribution < -0.4 is 0 Å². The van der Waals surface area contributed by atoms with Gasteiger partial charge in [-0.05, 0) is 36.5 Å². The summed E-state index contributed by atoms with van der Waals surface area (Å²) in [5.41, 5.74) is 0.648. The molecule has 2 rings (SSSR count). The predicted octanol–water partition coefficient (Wildman–Crippen LogP) is 2.81. The summed E-state index contributed by atoms with van der Waals surface area (Å²) in [7, 11) is 1.88. The molecule has 0 spiro atoms. The molecule has 0 amide bonds. The average Bonchev–Trinajstić information content (AvgIpc) is 2.49. The second-order valence-electron chi connectivity index (χ2n) is 5.04. The monoisotopic (exact) mass is 167 g/mol. The van der Waals surface area contributed by atoms with Crippen molar-refractivity contribution in [3.63, 3.8) is 0 Å². The first-order valence-electron chi connectivity index (χ1n) is 4.91. The molecule has 0 bridgehead atoms. The predicted molar refractivity (Wildman–Crippen MR) is 49.8 cm³/mol. The van der Waals surface area contributed by atoms with E-state index in [9.17, 15) is 0 Å². The Morgan fingerprint density at radius 1 is 1.42 bits per heavy atom. The fourth-order valence-electron chi connectivity index (χ4n) is 3.27. The summed E-state index contributed by atoms with van der Waals surface area (Å²) < 4.78 is 5.72. The molecule has 2 aliphatic rings. The number of hydrogen-bond acceptors (Lipinski definition) is 1. The third-order valence-electron chi connectivity index (χ3n) is 4.23. The summed E-state index contributed by atoms with van der Waals surface area (Å²) >= 11 is 0. The van der Waals surface area contributed by atoms with Crippen LogP contribution in [-0.4, -0.2) is 12.7 Å². The van der Waals surface area contributed by atoms with Crippen LogP contribution in [-0.2, 0) is 4.74 Å². The van der Waals surface area contributed by atoms with E-state index in [1.54, 1.807) is 5.92 Å². The second kappa shape index (κ2) is 2.25. The Balaban J connectivity index is 2.19. The summed E-state index contributed by atoms with van der Waals surface area (Å²) in [6.07, 6.45) is 3.85. The molecule has 0 heterocycles. The molecule has 2 unspecified atom stereocenters. The van der Waals surface area contributed by atoms with Gasteiger partial charge in [0, 0.05) is 7.11 Å². The summed E-state index contributed by atoms with van der Waals surface area (Å²) in [5, 5.41) is 0. The first-order valence-corrected chi connectivity index (χ1v) is 4.91. The quantitative estimate of drug-likeness (QED) is 0.583. The number of hydrogen-bond donors (Lipinski definition) is 0. The van der Waals surface area contributed by atoms with Gasteiger partial charge in [-0.1, -0.05) is 20.8 Å². The van der Waals surface area contributed by atoms with E-state index in [4.69, 9.17) is 4.74 Å². The first-order chi connectivity index (χ1) is 5.54. The number of rotatable bonds is 1. The molecule has 0 aromatic heterocycles. The lowest BCUT2D eigenvalue weighted by molar-refractivity contribution is 0.0299. The van der Waals surface area contributed by atoms with Crippen LogP contribution in [0.1, 0.15) is 40.0 Å². The van der Waals surface area contributed by atoms with Gasteiger partial charge in [0.05, 0.1) is 5.60 Å². The minimum Gasteiger partial charge on any atom is -0.377 e. The number of ether oxygens (including phenoxy) is 1. The number of methoxy groups -OCH3 is 1. The Morgan fingerprint density at radius 2 is 2.08 bits per heavy atom. The molecule has 0 aliphatic heterocycles. The van der Waals surface area contributed by atoms with Crippen molar-refractivity contribution >= 4 is 0 Å². The van der Waals surface area contributed by atoms with Gasteiger partial charge in [0.15, 0.2) is 0 Å². The largest absolute Gasteiger partial charge is 0.377 e. The van der Waals surface area contributed by atoms with E-state index in [0.29, 0.717) is 5.41 Å².